The van der Waals surface area contributed by atoms with Crippen LogP contribution in [0, 0.1) is 0 Å². The Bertz CT molecular complexity index is 935. The molecule has 0 aliphatic rings. The Balaban J connectivity index is 0.000000383. The first-order valence-electron chi connectivity index (χ1n) is 7.09. The van der Waals surface area contributed by atoms with Crippen LogP contribution < -0.4 is 4.84 Å². The molecule has 0 bridgehead atoms. The van der Waals surface area contributed by atoms with Crippen LogP contribution >= 0.6 is 0 Å². The maximum atomic E-state index is 7.62. The summed E-state index contributed by atoms with van der Waals surface area (Å²) in [4.78, 5) is 19.5. The largest absolute Gasteiger partial charge is 0.394 e. The van der Waals surface area contributed by atoms with Gasteiger partial charge in [0.15, 0.2) is 5.52 Å². The zero-order chi connectivity index (χ0) is 16.8. The van der Waals surface area contributed by atoms with Crippen molar-refractivity contribution in [2.24, 2.45) is 0 Å². The molecule has 3 heterocycles. The SMILES string of the molecule is OCCO.c1cnc2c(On3nnc4ccccc43)ncnc2c1. The Hall–Kier alpha value is -3.17. The van der Waals surface area contributed by atoms with Crippen LogP contribution in [0.25, 0.3) is 22.1 Å². The van der Waals surface area contributed by atoms with Gasteiger partial charge in [0, 0.05) is 6.20 Å². The van der Waals surface area contributed by atoms with Gasteiger partial charge in [0.2, 0.25) is 0 Å². The van der Waals surface area contributed by atoms with Crippen LogP contribution in [0.5, 0.6) is 5.88 Å². The third kappa shape index (κ3) is 3.26. The number of pyridine rings is 1. The van der Waals surface area contributed by atoms with E-state index in [0.29, 0.717) is 16.9 Å². The van der Waals surface area contributed by atoms with Crippen LogP contribution in [0.15, 0.2) is 48.9 Å². The van der Waals surface area contributed by atoms with E-state index in [-0.39, 0.29) is 13.2 Å². The zero-order valence-corrected chi connectivity index (χ0v) is 12.5. The minimum Gasteiger partial charge on any atom is -0.394 e. The molecule has 0 saturated carbocycles. The lowest BCUT2D eigenvalue weighted by molar-refractivity contribution is 0.178. The topological polar surface area (TPSA) is 119 Å². The second-order valence-corrected chi connectivity index (χ2v) is 4.54. The number of rotatable bonds is 3. The van der Waals surface area contributed by atoms with Crippen molar-refractivity contribution in [1.82, 2.24) is 30.1 Å². The lowest BCUT2D eigenvalue weighted by Crippen LogP contribution is -2.09. The van der Waals surface area contributed by atoms with Gasteiger partial charge in [0.05, 0.1) is 18.7 Å². The first-order chi connectivity index (χ1) is 11.8. The van der Waals surface area contributed by atoms with Gasteiger partial charge in [-0.05, 0) is 29.5 Å². The van der Waals surface area contributed by atoms with Gasteiger partial charge in [0.25, 0.3) is 5.88 Å². The fourth-order valence-corrected chi connectivity index (χ4v) is 1.93. The van der Waals surface area contributed by atoms with Gasteiger partial charge in [-0.2, -0.15) is 4.98 Å². The summed E-state index contributed by atoms with van der Waals surface area (Å²) < 4.78 is 0. The number of aliphatic hydroxyl groups is 2. The molecule has 122 valence electrons. The van der Waals surface area contributed by atoms with Crippen molar-refractivity contribution in [1.29, 1.82) is 0 Å². The second-order valence-electron chi connectivity index (χ2n) is 4.54. The van der Waals surface area contributed by atoms with Gasteiger partial charge >= 0.3 is 0 Å². The van der Waals surface area contributed by atoms with E-state index in [0.717, 1.165) is 11.0 Å². The summed E-state index contributed by atoms with van der Waals surface area (Å²) in [5.41, 5.74) is 2.80. The first kappa shape index (κ1) is 15.7. The molecule has 9 nitrogen and oxygen atoms in total. The second kappa shape index (κ2) is 7.40. The van der Waals surface area contributed by atoms with E-state index < -0.39 is 0 Å². The average molecular weight is 326 g/mol. The highest BCUT2D eigenvalue weighted by Crippen LogP contribution is 2.19. The highest BCUT2D eigenvalue weighted by atomic mass is 16.7. The lowest BCUT2D eigenvalue weighted by Gasteiger charge is -2.05. The van der Waals surface area contributed by atoms with Gasteiger partial charge in [-0.25, -0.2) is 9.97 Å². The molecular weight excluding hydrogens is 312 g/mol. The number of para-hydroxylation sites is 1. The predicted octanol–water partition coefficient (Wildman–Crippen LogP) is 0.583. The molecule has 0 amide bonds. The van der Waals surface area contributed by atoms with Crippen LogP contribution in [0.4, 0.5) is 0 Å². The number of hydrogen-bond donors (Lipinski definition) is 2. The molecule has 24 heavy (non-hydrogen) atoms. The Morgan fingerprint density at radius 3 is 2.54 bits per heavy atom. The summed E-state index contributed by atoms with van der Waals surface area (Å²) >= 11 is 0. The van der Waals surface area contributed by atoms with E-state index in [2.05, 4.69) is 25.3 Å². The van der Waals surface area contributed by atoms with Crippen molar-refractivity contribution in [3.63, 3.8) is 0 Å². The molecule has 0 aliphatic carbocycles. The van der Waals surface area contributed by atoms with E-state index in [4.69, 9.17) is 15.1 Å². The molecule has 0 saturated heterocycles. The van der Waals surface area contributed by atoms with Crippen molar-refractivity contribution in [2.45, 2.75) is 0 Å². The maximum Gasteiger partial charge on any atom is 0.278 e. The summed E-state index contributed by atoms with van der Waals surface area (Å²) in [7, 11) is 0. The van der Waals surface area contributed by atoms with Gasteiger partial charge in [-0.3, -0.25) is 0 Å². The van der Waals surface area contributed by atoms with Crippen molar-refractivity contribution in [3.8, 4) is 5.88 Å². The Morgan fingerprint density at radius 1 is 0.917 bits per heavy atom. The van der Waals surface area contributed by atoms with Crippen LogP contribution in [0.2, 0.25) is 0 Å². The zero-order valence-electron chi connectivity index (χ0n) is 12.5. The van der Waals surface area contributed by atoms with Gasteiger partial charge in [-0.15, -0.1) is 5.10 Å². The van der Waals surface area contributed by atoms with E-state index in [1.807, 2.05) is 36.4 Å². The molecule has 1 aromatic carbocycles. The van der Waals surface area contributed by atoms with E-state index in [9.17, 15) is 0 Å². The quantitative estimate of drug-likeness (QED) is 0.561. The summed E-state index contributed by atoms with van der Waals surface area (Å²) in [6.07, 6.45) is 3.09. The molecule has 3 aromatic heterocycles. The van der Waals surface area contributed by atoms with Crippen molar-refractivity contribution in [2.75, 3.05) is 13.2 Å². The molecule has 0 unspecified atom stereocenters. The number of nitrogens with zero attached hydrogens (tertiary/aromatic N) is 6. The number of hydrogen-bond acceptors (Lipinski definition) is 8. The fourth-order valence-electron chi connectivity index (χ4n) is 1.93. The molecule has 0 spiro atoms. The molecule has 0 radical (unpaired) electrons. The van der Waals surface area contributed by atoms with Crippen LogP contribution in [-0.2, 0) is 0 Å². The number of benzene rings is 1. The van der Waals surface area contributed by atoms with Gasteiger partial charge < -0.3 is 15.1 Å². The number of fused-ring (bicyclic) bond motifs is 2. The van der Waals surface area contributed by atoms with Crippen LogP contribution in [-0.4, -0.2) is 53.5 Å². The average Bonchev–Trinajstić information content (AvgIpc) is 3.05. The summed E-state index contributed by atoms with van der Waals surface area (Å²) in [5, 5.41) is 23.2. The van der Waals surface area contributed by atoms with Crippen molar-refractivity contribution < 1.29 is 15.1 Å². The Labute approximate surface area is 136 Å². The molecule has 9 heteroatoms. The fraction of sp³-hybridized carbons (Fsp3) is 0.133. The summed E-state index contributed by atoms with van der Waals surface area (Å²) in [6.45, 7) is -0.250. The third-order valence-corrected chi connectivity index (χ3v) is 2.96. The highest BCUT2D eigenvalue weighted by Gasteiger charge is 2.10. The summed E-state index contributed by atoms with van der Waals surface area (Å²) in [5.74, 6) is 0.339. The van der Waals surface area contributed by atoms with E-state index in [1.54, 1.807) is 6.20 Å². The predicted molar refractivity (Wildman–Crippen MR) is 85.1 cm³/mol. The van der Waals surface area contributed by atoms with Gasteiger partial charge in [0.1, 0.15) is 17.4 Å². The number of aliphatic hydroxyl groups excluding tert-OH is 2. The lowest BCUT2D eigenvalue weighted by atomic mass is 10.3. The Morgan fingerprint density at radius 2 is 1.71 bits per heavy atom. The van der Waals surface area contributed by atoms with Crippen molar-refractivity contribution in [3.05, 3.63) is 48.9 Å². The molecule has 0 atom stereocenters. The van der Waals surface area contributed by atoms with Gasteiger partial charge in [-0.1, -0.05) is 17.0 Å². The first-order valence-corrected chi connectivity index (χ1v) is 7.09. The minimum atomic E-state index is -0.125. The van der Waals surface area contributed by atoms with E-state index >= 15 is 0 Å². The minimum absolute atomic E-state index is 0.125. The van der Waals surface area contributed by atoms with Crippen LogP contribution in [0.1, 0.15) is 0 Å². The monoisotopic (exact) mass is 326 g/mol. The summed E-state index contributed by atoms with van der Waals surface area (Å²) in [6, 6.07) is 11.2. The molecule has 0 aliphatic heterocycles. The normalized spacial score (nSPS) is 10.4. The highest BCUT2D eigenvalue weighted by molar-refractivity contribution is 5.78. The van der Waals surface area contributed by atoms with Crippen LogP contribution in [0.3, 0.4) is 0 Å². The molecule has 2 N–H and O–H groups in total. The third-order valence-electron chi connectivity index (χ3n) is 2.96. The number of aromatic nitrogens is 6. The molecule has 4 rings (SSSR count). The maximum absolute atomic E-state index is 7.62. The molecular formula is C15H14N6O3. The van der Waals surface area contributed by atoms with E-state index in [1.165, 1.54) is 11.2 Å². The molecule has 0 fully saturated rings. The van der Waals surface area contributed by atoms with Crippen molar-refractivity contribution >= 4 is 22.1 Å². The molecule has 4 aromatic rings. The Kier molecular flexibility index (Phi) is 4.84. The smallest absolute Gasteiger partial charge is 0.278 e. The standard InChI is InChI=1S/C13H8N6O.C2H6O2/c1-2-6-11-9(4-1)17-18-19(11)20-13-12-10(15-8-16-13)5-3-7-14-12;3-1-2-4/h1-8H;3-4H,1-2H2.